The number of hydrogen-bond acceptors (Lipinski definition) is 4. The van der Waals surface area contributed by atoms with Crippen molar-refractivity contribution in [3.63, 3.8) is 0 Å². The van der Waals surface area contributed by atoms with Gasteiger partial charge in [-0.3, -0.25) is 19.3 Å². The Bertz CT molecular complexity index is 1180. The summed E-state index contributed by atoms with van der Waals surface area (Å²) in [5, 5.41) is 0. The van der Waals surface area contributed by atoms with E-state index in [1.807, 2.05) is 0 Å². The Hall–Kier alpha value is -4.13. The molecule has 1 fully saturated rings. The van der Waals surface area contributed by atoms with E-state index in [2.05, 4.69) is 0 Å². The van der Waals surface area contributed by atoms with Crippen LogP contribution in [0, 0.1) is 11.7 Å². The van der Waals surface area contributed by atoms with Crippen molar-refractivity contribution in [2.75, 3.05) is 14.1 Å². The number of benzene rings is 3. The average molecular weight is 444 g/mol. The molecular formula is C26H21FN2O4. The third-order valence-electron chi connectivity index (χ3n) is 6.08. The van der Waals surface area contributed by atoms with Crippen LogP contribution in [0.1, 0.15) is 26.3 Å². The highest BCUT2D eigenvalue weighted by molar-refractivity contribution is 6.22. The van der Waals surface area contributed by atoms with Crippen molar-refractivity contribution in [3.8, 4) is 0 Å². The highest BCUT2D eigenvalue weighted by Crippen LogP contribution is 2.45. The normalized spacial score (nSPS) is 18.2. The minimum atomic E-state index is -1.99. The standard InChI is InChI=1S/C26H21FN2O4/c1-28-24(32)26(29(2)25(28)33,19-13-15-20(27)16-14-19)21(22(30)17-9-5-3-6-10-17)23(31)18-11-7-4-8-12-18/h3-16,21H,1-2H3. The second kappa shape index (κ2) is 8.43. The molecule has 1 aliphatic heterocycles. The van der Waals surface area contributed by atoms with Crippen molar-refractivity contribution < 1.29 is 23.6 Å². The Labute approximate surface area is 190 Å². The lowest BCUT2D eigenvalue weighted by molar-refractivity contribution is -0.134. The lowest BCUT2D eigenvalue weighted by atomic mass is 9.70. The molecular weight excluding hydrogens is 423 g/mol. The summed E-state index contributed by atoms with van der Waals surface area (Å²) in [7, 11) is 2.67. The summed E-state index contributed by atoms with van der Waals surface area (Å²) in [6.07, 6.45) is 0. The number of rotatable bonds is 6. The molecule has 0 bridgehead atoms. The van der Waals surface area contributed by atoms with Crippen molar-refractivity contribution >= 4 is 23.5 Å². The summed E-state index contributed by atoms with van der Waals surface area (Å²) >= 11 is 0. The number of nitrogens with zero attached hydrogens (tertiary/aromatic N) is 2. The summed E-state index contributed by atoms with van der Waals surface area (Å²) in [5.41, 5.74) is -1.38. The van der Waals surface area contributed by atoms with Crippen LogP contribution in [-0.4, -0.2) is 47.4 Å². The quantitative estimate of drug-likeness (QED) is 0.328. The second-order valence-corrected chi connectivity index (χ2v) is 7.87. The van der Waals surface area contributed by atoms with Crippen molar-refractivity contribution in [2.45, 2.75) is 5.54 Å². The molecule has 1 heterocycles. The third-order valence-corrected chi connectivity index (χ3v) is 6.08. The van der Waals surface area contributed by atoms with Gasteiger partial charge in [0.1, 0.15) is 11.7 Å². The molecule has 3 aromatic rings. The highest BCUT2D eigenvalue weighted by atomic mass is 19.1. The maximum Gasteiger partial charge on any atom is 0.327 e. The molecule has 6 nitrogen and oxygen atoms in total. The fraction of sp³-hybridized carbons (Fsp3) is 0.154. The van der Waals surface area contributed by atoms with Crippen LogP contribution in [0.25, 0.3) is 0 Å². The van der Waals surface area contributed by atoms with Gasteiger partial charge in [-0.25, -0.2) is 9.18 Å². The molecule has 1 atom stereocenters. The summed E-state index contributed by atoms with van der Waals surface area (Å²) in [6.45, 7) is 0. The average Bonchev–Trinajstić information content (AvgIpc) is 3.02. The van der Waals surface area contributed by atoms with Crippen molar-refractivity contribution in [2.24, 2.45) is 5.92 Å². The molecule has 166 valence electrons. The van der Waals surface area contributed by atoms with E-state index in [9.17, 15) is 23.6 Å². The number of carbonyl (C=O) groups is 4. The van der Waals surface area contributed by atoms with Gasteiger partial charge in [0, 0.05) is 25.2 Å². The summed E-state index contributed by atoms with van der Waals surface area (Å²) in [4.78, 5) is 56.4. The number of Topliss-reactive ketones (excluding diaryl/α,β-unsaturated/α-hetero) is 2. The van der Waals surface area contributed by atoms with E-state index >= 15 is 0 Å². The summed E-state index contributed by atoms with van der Waals surface area (Å²) in [6, 6.07) is 20.5. The van der Waals surface area contributed by atoms with Gasteiger partial charge in [-0.05, 0) is 17.7 Å². The van der Waals surface area contributed by atoms with Crippen molar-refractivity contribution in [3.05, 3.63) is 107 Å². The SMILES string of the molecule is CN1C(=O)N(C)C(c2ccc(F)cc2)(C(C(=O)c2ccccc2)C(=O)c2ccccc2)C1=O. The van der Waals surface area contributed by atoms with Gasteiger partial charge in [-0.15, -0.1) is 0 Å². The monoisotopic (exact) mass is 444 g/mol. The molecule has 1 unspecified atom stereocenters. The van der Waals surface area contributed by atoms with Crippen LogP contribution in [0.3, 0.4) is 0 Å². The van der Waals surface area contributed by atoms with Crippen LogP contribution in [-0.2, 0) is 10.3 Å². The number of imide groups is 1. The molecule has 0 radical (unpaired) electrons. The zero-order valence-electron chi connectivity index (χ0n) is 18.1. The maximum atomic E-state index is 13.9. The fourth-order valence-electron chi connectivity index (χ4n) is 4.40. The van der Waals surface area contributed by atoms with Gasteiger partial charge in [-0.1, -0.05) is 72.8 Å². The highest BCUT2D eigenvalue weighted by Gasteiger charge is 2.64. The zero-order valence-corrected chi connectivity index (χ0v) is 18.1. The molecule has 0 spiro atoms. The van der Waals surface area contributed by atoms with E-state index in [0.29, 0.717) is 0 Å². The van der Waals surface area contributed by atoms with Crippen LogP contribution in [0.2, 0.25) is 0 Å². The molecule has 3 aromatic carbocycles. The first kappa shape index (κ1) is 22.1. The topological polar surface area (TPSA) is 74.8 Å². The van der Waals surface area contributed by atoms with Gasteiger partial charge in [-0.2, -0.15) is 0 Å². The predicted molar refractivity (Wildman–Crippen MR) is 119 cm³/mol. The van der Waals surface area contributed by atoms with Gasteiger partial charge in [0.15, 0.2) is 17.1 Å². The number of urea groups is 1. The number of hydrogen-bond donors (Lipinski definition) is 0. The maximum absolute atomic E-state index is 13.9. The number of likely N-dealkylation sites (N-methyl/N-ethyl adjacent to an activating group) is 2. The molecule has 3 amide bonds. The van der Waals surface area contributed by atoms with E-state index in [-0.39, 0.29) is 16.7 Å². The Morgan fingerprint density at radius 3 is 1.61 bits per heavy atom. The number of amides is 3. The van der Waals surface area contributed by atoms with Gasteiger partial charge >= 0.3 is 6.03 Å². The van der Waals surface area contributed by atoms with Gasteiger partial charge in [0.2, 0.25) is 0 Å². The van der Waals surface area contributed by atoms with Crippen molar-refractivity contribution in [1.29, 1.82) is 0 Å². The smallest absolute Gasteiger partial charge is 0.307 e. The lowest BCUT2D eigenvalue weighted by Gasteiger charge is -2.38. The first-order valence-corrected chi connectivity index (χ1v) is 10.3. The minimum Gasteiger partial charge on any atom is -0.307 e. The summed E-state index contributed by atoms with van der Waals surface area (Å²) < 4.78 is 13.8. The molecule has 1 saturated heterocycles. The van der Waals surface area contributed by atoms with E-state index in [1.165, 1.54) is 26.2 Å². The molecule has 0 saturated carbocycles. The zero-order chi connectivity index (χ0) is 23.8. The fourth-order valence-corrected chi connectivity index (χ4v) is 4.40. The lowest BCUT2D eigenvalue weighted by Crippen LogP contribution is -2.56. The number of halogens is 1. The van der Waals surface area contributed by atoms with Crippen molar-refractivity contribution in [1.82, 2.24) is 9.80 Å². The molecule has 7 heteroatoms. The number of carbonyl (C=O) groups excluding carboxylic acids is 4. The van der Waals surface area contributed by atoms with E-state index in [0.717, 1.165) is 21.9 Å². The van der Waals surface area contributed by atoms with E-state index in [4.69, 9.17) is 0 Å². The van der Waals surface area contributed by atoms with Crippen LogP contribution >= 0.6 is 0 Å². The summed E-state index contributed by atoms with van der Waals surface area (Å²) in [5.74, 6) is -4.12. The molecule has 0 N–H and O–H groups in total. The van der Waals surface area contributed by atoms with Gasteiger partial charge in [0.25, 0.3) is 5.91 Å². The van der Waals surface area contributed by atoms with E-state index < -0.39 is 40.8 Å². The van der Waals surface area contributed by atoms with Gasteiger partial charge in [0.05, 0.1) is 0 Å². The molecule has 1 aliphatic rings. The van der Waals surface area contributed by atoms with Gasteiger partial charge < -0.3 is 4.90 Å². The van der Waals surface area contributed by atoms with Crippen LogP contribution in [0.5, 0.6) is 0 Å². The first-order chi connectivity index (χ1) is 15.8. The molecule has 0 aromatic heterocycles. The Morgan fingerprint density at radius 1 is 0.758 bits per heavy atom. The molecule has 0 aliphatic carbocycles. The largest absolute Gasteiger partial charge is 0.327 e. The molecule has 4 rings (SSSR count). The Balaban J connectivity index is 2.03. The third kappa shape index (κ3) is 3.42. The Morgan fingerprint density at radius 2 is 1.21 bits per heavy atom. The minimum absolute atomic E-state index is 0.174. The van der Waals surface area contributed by atoms with Crippen LogP contribution < -0.4 is 0 Å². The van der Waals surface area contributed by atoms with Crippen LogP contribution in [0.4, 0.5) is 9.18 Å². The first-order valence-electron chi connectivity index (χ1n) is 10.3. The number of ketones is 2. The predicted octanol–water partition coefficient (Wildman–Crippen LogP) is 3.93. The Kier molecular flexibility index (Phi) is 5.64. The van der Waals surface area contributed by atoms with Crippen LogP contribution in [0.15, 0.2) is 84.9 Å². The van der Waals surface area contributed by atoms with E-state index in [1.54, 1.807) is 60.7 Å². The molecule has 33 heavy (non-hydrogen) atoms. The second-order valence-electron chi connectivity index (χ2n) is 7.87.